The fraction of sp³-hybridized carbons (Fsp3) is 0.0556. The van der Waals surface area contributed by atoms with E-state index in [0.717, 1.165) is 4.70 Å². The van der Waals surface area contributed by atoms with E-state index in [1.165, 1.54) is 34.5 Å². The van der Waals surface area contributed by atoms with Crippen molar-refractivity contribution >= 4 is 38.9 Å². The monoisotopic (exact) mass is 427 g/mol. The van der Waals surface area contributed by atoms with Gasteiger partial charge in [0.15, 0.2) is 5.65 Å². The van der Waals surface area contributed by atoms with E-state index in [9.17, 15) is 13.6 Å². The van der Waals surface area contributed by atoms with Gasteiger partial charge in [-0.15, -0.1) is 0 Å². The topological polar surface area (TPSA) is 110 Å². The van der Waals surface area contributed by atoms with Gasteiger partial charge in [0.25, 0.3) is 5.91 Å². The molecule has 5 aromatic rings. The van der Waals surface area contributed by atoms with E-state index in [4.69, 9.17) is 4.74 Å². The minimum Gasteiger partial charge on any atom is -0.434 e. The molecule has 2 N–H and O–H groups in total. The summed E-state index contributed by atoms with van der Waals surface area (Å²) in [4.78, 5) is 17.0. The molecule has 4 heterocycles. The molecule has 0 radical (unpaired) electrons. The van der Waals surface area contributed by atoms with Crippen molar-refractivity contribution in [1.29, 1.82) is 0 Å². The van der Waals surface area contributed by atoms with Gasteiger partial charge in [-0.1, -0.05) is 0 Å². The first-order valence-corrected chi connectivity index (χ1v) is 9.34. The summed E-state index contributed by atoms with van der Waals surface area (Å²) in [5, 5.41) is 14.2. The molecule has 1 amide bonds. The summed E-state index contributed by atoms with van der Waals surface area (Å²) in [5.41, 5.74) is 1.56. The van der Waals surface area contributed by atoms with Crippen LogP contribution in [0.3, 0.4) is 0 Å². The first kappa shape index (κ1) is 18.1. The van der Waals surface area contributed by atoms with E-state index < -0.39 is 12.5 Å². The lowest BCUT2D eigenvalue weighted by Crippen LogP contribution is -2.12. The van der Waals surface area contributed by atoms with Crippen molar-refractivity contribution in [3.05, 3.63) is 54.7 Å². The zero-order valence-corrected chi connectivity index (χ0v) is 15.7. The number of rotatable bonds is 5. The summed E-state index contributed by atoms with van der Waals surface area (Å²) in [6.07, 6.45) is 7.56. The molecule has 0 saturated heterocycles. The molecule has 0 spiro atoms. The largest absolute Gasteiger partial charge is 0.434 e. The number of carbonyl (C=O) groups is 1. The standard InChI is InChI=1S/C18H11F2N7O2S/c19-18(20)29-13-4-9-6-24-30-14(9)5-10(13)15-12(8-22-26-15)25-17(28)11-7-23-27-3-1-2-21-16(11)27/h1-8,18H,(H,22,26)(H,25,28). The lowest BCUT2D eigenvalue weighted by Gasteiger charge is -2.12. The summed E-state index contributed by atoms with van der Waals surface area (Å²) < 4.78 is 36.9. The van der Waals surface area contributed by atoms with Gasteiger partial charge in [-0.25, -0.2) is 9.50 Å². The van der Waals surface area contributed by atoms with Gasteiger partial charge in [-0.2, -0.15) is 23.4 Å². The van der Waals surface area contributed by atoms with Crippen LogP contribution in [0.1, 0.15) is 10.4 Å². The van der Waals surface area contributed by atoms with Crippen LogP contribution in [0.15, 0.2) is 49.2 Å². The average Bonchev–Trinajstić information content (AvgIpc) is 3.45. The summed E-state index contributed by atoms with van der Waals surface area (Å²) >= 11 is 1.21. The van der Waals surface area contributed by atoms with Crippen molar-refractivity contribution in [2.45, 2.75) is 6.61 Å². The molecule has 0 saturated carbocycles. The number of ether oxygens (including phenoxy) is 1. The van der Waals surface area contributed by atoms with Crippen LogP contribution in [0.25, 0.3) is 27.0 Å². The quantitative estimate of drug-likeness (QED) is 0.444. The Morgan fingerprint density at radius 3 is 3.03 bits per heavy atom. The lowest BCUT2D eigenvalue weighted by molar-refractivity contribution is -0.0493. The lowest BCUT2D eigenvalue weighted by atomic mass is 10.1. The molecule has 12 heteroatoms. The number of H-pyrrole nitrogens is 1. The number of nitrogens with one attached hydrogen (secondary N) is 2. The highest BCUT2D eigenvalue weighted by Gasteiger charge is 2.21. The van der Waals surface area contributed by atoms with Gasteiger partial charge >= 0.3 is 6.61 Å². The molecule has 9 nitrogen and oxygen atoms in total. The maximum atomic E-state index is 13.0. The molecule has 150 valence electrons. The SMILES string of the molecule is O=C(Nc1cn[nH]c1-c1cc2sncc2cc1OC(F)F)c1cnn2cccnc12. The Hall–Kier alpha value is -3.93. The first-order chi connectivity index (χ1) is 14.6. The Balaban J connectivity index is 1.54. The predicted molar refractivity (Wildman–Crippen MR) is 105 cm³/mol. The molecule has 1 aromatic carbocycles. The molecule has 0 aliphatic heterocycles. The second kappa shape index (κ2) is 7.15. The Morgan fingerprint density at radius 2 is 2.17 bits per heavy atom. The zero-order valence-electron chi connectivity index (χ0n) is 14.9. The summed E-state index contributed by atoms with van der Waals surface area (Å²) in [6, 6.07) is 4.82. The maximum absolute atomic E-state index is 13.0. The Labute approximate surface area is 170 Å². The van der Waals surface area contributed by atoms with E-state index in [-0.39, 0.29) is 11.3 Å². The Kier molecular flexibility index (Phi) is 4.32. The van der Waals surface area contributed by atoms with Crippen molar-refractivity contribution in [3.63, 3.8) is 0 Å². The minimum absolute atomic E-state index is 0.0601. The van der Waals surface area contributed by atoms with Gasteiger partial charge in [0.2, 0.25) is 0 Å². The highest BCUT2D eigenvalue weighted by Crippen LogP contribution is 2.38. The number of aromatic nitrogens is 6. The molecule has 0 aliphatic carbocycles. The number of hydrogen-bond donors (Lipinski definition) is 2. The van der Waals surface area contributed by atoms with E-state index in [2.05, 4.69) is 30.0 Å². The molecule has 4 aromatic heterocycles. The van der Waals surface area contributed by atoms with E-state index in [1.54, 1.807) is 30.7 Å². The number of benzene rings is 1. The van der Waals surface area contributed by atoms with Crippen LogP contribution in [-0.2, 0) is 0 Å². The van der Waals surface area contributed by atoms with Gasteiger partial charge in [0, 0.05) is 29.5 Å². The smallest absolute Gasteiger partial charge is 0.387 e. The molecule has 0 unspecified atom stereocenters. The van der Waals surface area contributed by atoms with E-state index in [0.29, 0.717) is 28.0 Å². The molecule has 30 heavy (non-hydrogen) atoms. The van der Waals surface area contributed by atoms with Gasteiger partial charge in [-0.05, 0) is 29.7 Å². The number of carbonyl (C=O) groups excluding carboxylic acids is 1. The van der Waals surface area contributed by atoms with Crippen molar-refractivity contribution in [2.24, 2.45) is 0 Å². The highest BCUT2D eigenvalue weighted by atomic mass is 32.1. The van der Waals surface area contributed by atoms with Crippen LogP contribution in [0, 0.1) is 0 Å². The van der Waals surface area contributed by atoms with Gasteiger partial charge in [0.05, 0.1) is 28.5 Å². The molecule has 0 bridgehead atoms. The third-order valence-electron chi connectivity index (χ3n) is 4.35. The third kappa shape index (κ3) is 3.12. The van der Waals surface area contributed by atoms with Gasteiger partial charge in [-0.3, -0.25) is 9.89 Å². The van der Waals surface area contributed by atoms with Crippen LogP contribution in [0.4, 0.5) is 14.5 Å². The fourth-order valence-electron chi connectivity index (χ4n) is 3.05. The van der Waals surface area contributed by atoms with Crippen molar-refractivity contribution < 1.29 is 18.3 Å². The van der Waals surface area contributed by atoms with Crippen LogP contribution in [0.2, 0.25) is 0 Å². The van der Waals surface area contributed by atoms with Crippen LogP contribution < -0.4 is 10.1 Å². The third-order valence-corrected chi connectivity index (χ3v) is 5.11. The first-order valence-electron chi connectivity index (χ1n) is 8.57. The number of fused-ring (bicyclic) bond motifs is 2. The van der Waals surface area contributed by atoms with E-state index >= 15 is 0 Å². The number of hydrogen-bond acceptors (Lipinski definition) is 7. The van der Waals surface area contributed by atoms with Crippen LogP contribution >= 0.6 is 11.5 Å². The number of halogens is 2. The summed E-state index contributed by atoms with van der Waals surface area (Å²) in [7, 11) is 0. The zero-order chi connectivity index (χ0) is 20.7. The molecule has 0 aliphatic rings. The maximum Gasteiger partial charge on any atom is 0.387 e. The highest BCUT2D eigenvalue weighted by molar-refractivity contribution is 7.13. The number of amides is 1. The van der Waals surface area contributed by atoms with Gasteiger partial charge < -0.3 is 10.1 Å². The van der Waals surface area contributed by atoms with Crippen molar-refractivity contribution in [3.8, 4) is 17.0 Å². The van der Waals surface area contributed by atoms with Crippen LogP contribution in [-0.4, -0.2) is 41.7 Å². The van der Waals surface area contributed by atoms with Crippen LogP contribution in [0.5, 0.6) is 5.75 Å². The summed E-state index contributed by atoms with van der Waals surface area (Å²) in [6.45, 7) is -3.02. The number of alkyl halides is 2. The molecular weight excluding hydrogens is 416 g/mol. The molecule has 0 fully saturated rings. The van der Waals surface area contributed by atoms with Crippen molar-refractivity contribution in [2.75, 3.05) is 5.32 Å². The van der Waals surface area contributed by atoms with E-state index in [1.807, 2.05) is 0 Å². The Morgan fingerprint density at radius 1 is 1.27 bits per heavy atom. The second-order valence-corrected chi connectivity index (χ2v) is 6.98. The average molecular weight is 427 g/mol. The second-order valence-electron chi connectivity index (χ2n) is 6.15. The minimum atomic E-state index is -3.02. The number of aromatic amines is 1. The predicted octanol–water partition coefficient (Wildman–Crippen LogP) is 3.58. The number of anilines is 1. The number of nitrogens with zero attached hydrogens (tertiary/aromatic N) is 5. The summed E-state index contributed by atoms with van der Waals surface area (Å²) in [5.74, 6) is -0.531. The molecular formula is C18H11F2N7O2S. The van der Waals surface area contributed by atoms with Gasteiger partial charge in [0.1, 0.15) is 11.3 Å². The Bertz CT molecular complexity index is 1380. The normalized spacial score (nSPS) is 11.4. The fourth-order valence-corrected chi connectivity index (χ4v) is 3.72. The van der Waals surface area contributed by atoms with Crippen molar-refractivity contribution in [1.82, 2.24) is 29.2 Å². The molecule has 0 atom stereocenters. The molecule has 5 rings (SSSR count).